The number of hydrogen-bond acceptors (Lipinski definition) is 2. The normalized spacial score (nSPS) is 23.0. The third-order valence-corrected chi connectivity index (χ3v) is 3.34. The number of hydrogen-bond donors (Lipinski definition) is 1. The molecule has 2 N–H and O–H groups in total. The zero-order chi connectivity index (χ0) is 10.4. The number of rotatable bonds is 1. The first-order valence-corrected chi connectivity index (χ1v) is 5.76. The van der Waals surface area contributed by atoms with E-state index in [1.807, 2.05) is 13.8 Å². The van der Waals surface area contributed by atoms with Crippen LogP contribution in [0, 0.1) is 17.4 Å². The van der Waals surface area contributed by atoms with Crippen LogP contribution in [0.5, 0.6) is 0 Å². The molecule has 1 heterocycles. The Balaban J connectivity index is 0.000000461. The van der Waals surface area contributed by atoms with Gasteiger partial charge in [-0.25, -0.2) is 0 Å². The number of likely N-dealkylation sites (tertiary alicyclic amines) is 1. The Kier molecular flexibility index (Phi) is 4.28. The molecule has 2 aliphatic rings. The summed E-state index contributed by atoms with van der Waals surface area (Å²) in [4.78, 5) is 2.43. The molecule has 2 heteroatoms. The van der Waals surface area contributed by atoms with Crippen molar-refractivity contribution in [3.05, 3.63) is 0 Å². The van der Waals surface area contributed by atoms with E-state index in [2.05, 4.69) is 16.9 Å². The van der Waals surface area contributed by atoms with E-state index in [0.717, 1.165) is 6.54 Å². The summed E-state index contributed by atoms with van der Waals surface area (Å²) in [5.74, 6) is 2.93. The predicted molar refractivity (Wildman–Crippen MR) is 60.7 cm³/mol. The lowest BCUT2D eigenvalue weighted by molar-refractivity contribution is 0.143. The molecule has 0 aromatic rings. The van der Waals surface area contributed by atoms with Crippen molar-refractivity contribution in [3.63, 3.8) is 0 Å². The second-order valence-corrected chi connectivity index (χ2v) is 4.14. The third-order valence-electron chi connectivity index (χ3n) is 3.34. The van der Waals surface area contributed by atoms with Crippen LogP contribution in [0.1, 0.15) is 39.5 Å². The second-order valence-electron chi connectivity index (χ2n) is 4.14. The molecule has 1 aliphatic heterocycles. The van der Waals surface area contributed by atoms with Crippen molar-refractivity contribution in [2.75, 3.05) is 19.6 Å². The van der Waals surface area contributed by atoms with Crippen LogP contribution in [0.25, 0.3) is 0 Å². The van der Waals surface area contributed by atoms with E-state index in [4.69, 9.17) is 5.73 Å². The molecule has 0 aromatic carbocycles. The molecule has 0 amide bonds. The molecule has 0 radical (unpaired) electrons. The molecule has 2 fully saturated rings. The quantitative estimate of drug-likeness (QED) is 0.509. The maximum Gasteiger partial charge on any atom is 0.0620 e. The van der Waals surface area contributed by atoms with Gasteiger partial charge >= 0.3 is 0 Å². The van der Waals surface area contributed by atoms with Crippen molar-refractivity contribution in [1.82, 2.24) is 4.90 Å². The standard InChI is InChI=1S/C10H16N2.C2H6/c11-6-2-7-12-8-5-10(9-12)3-1-4-10;1-2/h1,3-5,7-9,11H2;1-2H3. The second kappa shape index (κ2) is 5.26. The summed E-state index contributed by atoms with van der Waals surface area (Å²) < 4.78 is 0. The van der Waals surface area contributed by atoms with Gasteiger partial charge in [0.05, 0.1) is 6.54 Å². The molecule has 1 saturated carbocycles. The minimum atomic E-state index is 0.705. The van der Waals surface area contributed by atoms with Gasteiger partial charge in [0, 0.05) is 12.6 Å². The lowest BCUT2D eigenvalue weighted by Gasteiger charge is -2.38. The smallest absolute Gasteiger partial charge is 0.0620 e. The molecule has 0 unspecified atom stereocenters. The summed E-state index contributed by atoms with van der Waals surface area (Å²) in [5.41, 5.74) is 5.84. The summed E-state index contributed by atoms with van der Waals surface area (Å²) in [6, 6.07) is 2.47. The highest BCUT2D eigenvalue weighted by Gasteiger charge is 2.42. The minimum Gasteiger partial charge on any atom is -0.359 e. The van der Waals surface area contributed by atoms with Crippen molar-refractivity contribution < 1.29 is 0 Å². The van der Waals surface area contributed by atoms with E-state index in [1.54, 1.807) is 0 Å². The van der Waals surface area contributed by atoms with Crippen LogP contribution in [0.3, 0.4) is 0 Å². The minimum absolute atomic E-state index is 0.705. The Morgan fingerprint density at radius 1 is 1.29 bits per heavy atom. The van der Waals surface area contributed by atoms with Crippen molar-refractivity contribution >= 4 is 0 Å². The molecule has 1 aliphatic carbocycles. The van der Waals surface area contributed by atoms with Crippen LogP contribution < -0.4 is 5.73 Å². The number of nitrogens with two attached hydrogens (primary N) is 1. The highest BCUT2D eigenvalue weighted by atomic mass is 15.2. The summed E-state index contributed by atoms with van der Waals surface area (Å²) in [5, 5.41) is 0. The van der Waals surface area contributed by atoms with E-state index < -0.39 is 0 Å². The van der Waals surface area contributed by atoms with Crippen molar-refractivity contribution in [2.24, 2.45) is 11.1 Å². The zero-order valence-corrected chi connectivity index (χ0v) is 9.47. The largest absolute Gasteiger partial charge is 0.359 e. The maximum atomic E-state index is 5.13. The molecule has 0 bridgehead atoms. The van der Waals surface area contributed by atoms with Crippen LogP contribution in [0.15, 0.2) is 0 Å². The van der Waals surface area contributed by atoms with E-state index in [-0.39, 0.29) is 0 Å². The van der Waals surface area contributed by atoms with Gasteiger partial charge in [-0.3, -0.25) is 4.90 Å². The highest BCUT2D eigenvalue weighted by molar-refractivity contribution is 5.02. The Labute approximate surface area is 87.8 Å². The molecule has 1 spiro atoms. The van der Waals surface area contributed by atoms with Crippen LogP contribution in [-0.2, 0) is 0 Å². The molecule has 2 nitrogen and oxygen atoms in total. The van der Waals surface area contributed by atoms with Crippen LogP contribution >= 0.6 is 0 Å². The molecular weight excluding hydrogens is 172 g/mol. The Bertz CT molecular complexity index is 220. The Hall–Kier alpha value is -0.680. The molecule has 0 aromatic heterocycles. The van der Waals surface area contributed by atoms with Gasteiger partial charge in [-0.1, -0.05) is 26.2 Å². The van der Waals surface area contributed by atoms with Gasteiger partial charge in [0.15, 0.2) is 0 Å². The highest BCUT2D eigenvalue weighted by Crippen LogP contribution is 2.47. The fraction of sp³-hybridized carbons (Fsp3) is 0.833. The van der Waals surface area contributed by atoms with Crippen LogP contribution in [0.4, 0.5) is 0 Å². The summed E-state index contributed by atoms with van der Waals surface area (Å²) >= 11 is 0. The van der Waals surface area contributed by atoms with Gasteiger partial charge in [0.25, 0.3) is 0 Å². The lowest BCUT2D eigenvalue weighted by Crippen LogP contribution is -2.33. The van der Waals surface area contributed by atoms with Gasteiger partial charge in [0.1, 0.15) is 0 Å². The zero-order valence-electron chi connectivity index (χ0n) is 9.47. The predicted octanol–water partition coefficient (Wildman–Crippen LogP) is 1.81. The first-order valence-electron chi connectivity index (χ1n) is 5.76. The average molecular weight is 194 g/mol. The third kappa shape index (κ3) is 2.42. The summed E-state index contributed by atoms with van der Waals surface area (Å²) in [6.45, 7) is 7.37. The van der Waals surface area contributed by atoms with Gasteiger partial charge in [0.2, 0.25) is 0 Å². The van der Waals surface area contributed by atoms with Crippen molar-refractivity contribution in [2.45, 2.75) is 39.5 Å². The molecule has 1 saturated heterocycles. The van der Waals surface area contributed by atoms with Crippen molar-refractivity contribution in [1.29, 1.82) is 0 Å². The number of nitrogens with zero attached hydrogens (tertiary/aromatic N) is 1. The Morgan fingerprint density at radius 2 is 2.00 bits per heavy atom. The SMILES string of the molecule is CC.NC#CCN1CCC2(CCC2)C1. The van der Waals surface area contributed by atoms with Gasteiger partial charge in [-0.05, 0) is 31.2 Å². The van der Waals surface area contributed by atoms with Crippen LogP contribution in [0.2, 0.25) is 0 Å². The van der Waals surface area contributed by atoms with E-state index in [1.165, 1.54) is 38.8 Å². The molecule has 2 rings (SSSR count). The maximum absolute atomic E-state index is 5.13. The lowest BCUT2D eigenvalue weighted by atomic mass is 9.68. The van der Waals surface area contributed by atoms with Gasteiger partial charge in [-0.15, -0.1) is 0 Å². The summed E-state index contributed by atoms with van der Waals surface area (Å²) in [7, 11) is 0. The van der Waals surface area contributed by atoms with Gasteiger partial charge in [-0.2, -0.15) is 0 Å². The average Bonchev–Trinajstić information content (AvgIpc) is 2.62. The van der Waals surface area contributed by atoms with E-state index >= 15 is 0 Å². The summed E-state index contributed by atoms with van der Waals surface area (Å²) in [6.07, 6.45) is 5.72. The van der Waals surface area contributed by atoms with Gasteiger partial charge < -0.3 is 5.73 Å². The van der Waals surface area contributed by atoms with Crippen LogP contribution in [-0.4, -0.2) is 24.5 Å². The Morgan fingerprint density at radius 3 is 2.43 bits per heavy atom. The molecule has 0 atom stereocenters. The topological polar surface area (TPSA) is 29.3 Å². The molecule has 14 heavy (non-hydrogen) atoms. The monoisotopic (exact) mass is 194 g/mol. The molecule has 80 valence electrons. The van der Waals surface area contributed by atoms with E-state index in [0.29, 0.717) is 5.41 Å². The first kappa shape index (κ1) is 11.4. The molecular formula is C12H22N2. The first-order chi connectivity index (χ1) is 6.85. The fourth-order valence-corrected chi connectivity index (χ4v) is 2.41. The van der Waals surface area contributed by atoms with Crippen molar-refractivity contribution in [3.8, 4) is 12.0 Å². The fourth-order valence-electron chi connectivity index (χ4n) is 2.41. The van der Waals surface area contributed by atoms with E-state index in [9.17, 15) is 0 Å².